The lowest BCUT2D eigenvalue weighted by Gasteiger charge is -2.24. The summed E-state index contributed by atoms with van der Waals surface area (Å²) >= 11 is 0. The minimum Gasteiger partial charge on any atom is -0.494 e. The molecule has 1 aliphatic heterocycles. The van der Waals surface area contributed by atoms with Gasteiger partial charge in [0, 0.05) is 5.56 Å². The molecule has 3 aromatic rings. The van der Waals surface area contributed by atoms with Crippen LogP contribution in [0.4, 0.5) is 0 Å². The van der Waals surface area contributed by atoms with Crippen molar-refractivity contribution in [1.82, 2.24) is 10.2 Å². The molecular weight excluding hydrogens is 376 g/mol. The second kappa shape index (κ2) is 7.96. The van der Waals surface area contributed by atoms with Crippen LogP contribution in [0.3, 0.4) is 0 Å². The van der Waals surface area contributed by atoms with Crippen LogP contribution in [0.1, 0.15) is 49.3 Å². The van der Waals surface area contributed by atoms with Gasteiger partial charge in [-0.05, 0) is 48.2 Å². The average molecular weight is 400 g/mol. The SMILES string of the molecule is CCOc1ccc(-c2[nH]nc3c2[C@H](c2ccc(C(C)C)cc2)C(C#N)=C(N)O3)cc1. The molecule has 30 heavy (non-hydrogen) atoms. The van der Waals surface area contributed by atoms with Crippen LogP contribution in [0, 0.1) is 11.3 Å². The maximum Gasteiger partial charge on any atom is 0.244 e. The number of H-pyrrole nitrogens is 1. The van der Waals surface area contributed by atoms with Gasteiger partial charge in [-0.2, -0.15) is 5.26 Å². The van der Waals surface area contributed by atoms with Gasteiger partial charge in [-0.3, -0.25) is 5.10 Å². The van der Waals surface area contributed by atoms with Crippen molar-refractivity contribution in [2.45, 2.75) is 32.6 Å². The zero-order valence-corrected chi connectivity index (χ0v) is 17.3. The fraction of sp³-hybridized carbons (Fsp3) is 0.250. The number of hydrogen-bond acceptors (Lipinski definition) is 5. The predicted octanol–water partition coefficient (Wildman–Crippen LogP) is 4.82. The molecule has 2 aromatic carbocycles. The van der Waals surface area contributed by atoms with E-state index in [9.17, 15) is 5.26 Å². The van der Waals surface area contributed by atoms with E-state index >= 15 is 0 Å². The Morgan fingerprint density at radius 2 is 1.87 bits per heavy atom. The molecule has 0 spiro atoms. The van der Waals surface area contributed by atoms with Gasteiger partial charge >= 0.3 is 0 Å². The number of aromatic amines is 1. The third-order valence-electron chi connectivity index (χ3n) is 5.33. The second-order valence-electron chi connectivity index (χ2n) is 7.52. The Bertz CT molecular complexity index is 1120. The van der Waals surface area contributed by atoms with Gasteiger partial charge in [0.05, 0.1) is 23.8 Å². The summed E-state index contributed by atoms with van der Waals surface area (Å²) in [4.78, 5) is 0. The molecule has 0 saturated carbocycles. The molecule has 6 nitrogen and oxygen atoms in total. The molecule has 6 heteroatoms. The van der Waals surface area contributed by atoms with Gasteiger partial charge in [0.1, 0.15) is 17.4 Å². The Labute approximate surface area is 175 Å². The van der Waals surface area contributed by atoms with E-state index in [1.54, 1.807) is 0 Å². The minimum absolute atomic E-state index is 0.0904. The lowest BCUT2D eigenvalue weighted by molar-refractivity contribution is 0.340. The van der Waals surface area contributed by atoms with E-state index in [-0.39, 0.29) is 11.8 Å². The molecule has 1 atom stereocenters. The molecule has 3 N–H and O–H groups in total. The van der Waals surface area contributed by atoms with Crippen LogP contribution < -0.4 is 15.2 Å². The normalized spacial score (nSPS) is 15.5. The number of allylic oxidation sites excluding steroid dienone is 1. The third-order valence-corrected chi connectivity index (χ3v) is 5.33. The van der Waals surface area contributed by atoms with Crippen molar-refractivity contribution >= 4 is 0 Å². The molecule has 2 heterocycles. The quantitative estimate of drug-likeness (QED) is 0.640. The third kappa shape index (κ3) is 3.39. The highest BCUT2D eigenvalue weighted by molar-refractivity contribution is 5.71. The summed E-state index contributed by atoms with van der Waals surface area (Å²) in [5.41, 5.74) is 11.2. The molecule has 0 radical (unpaired) electrons. The van der Waals surface area contributed by atoms with Crippen molar-refractivity contribution in [2.75, 3.05) is 6.61 Å². The van der Waals surface area contributed by atoms with E-state index in [1.165, 1.54) is 5.56 Å². The lowest BCUT2D eigenvalue weighted by atomic mass is 9.82. The molecule has 0 amide bonds. The van der Waals surface area contributed by atoms with Crippen molar-refractivity contribution in [2.24, 2.45) is 5.73 Å². The van der Waals surface area contributed by atoms with Crippen molar-refractivity contribution in [3.05, 3.63) is 76.7 Å². The zero-order chi connectivity index (χ0) is 21.3. The molecule has 0 aliphatic carbocycles. The number of hydrogen-bond donors (Lipinski definition) is 2. The number of ether oxygens (including phenoxy) is 2. The molecule has 0 bridgehead atoms. The number of rotatable bonds is 5. The number of nitrogens with zero attached hydrogens (tertiary/aromatic N) is 2. The van der Waals surface area contributed by atoms with E-state index in [2.05, 4.69) is 54.4 Å². The number of fused-ring (bicyclic) bond motifs is 1. The summed E-state index contributed by atoms with van der Waals surface area (Å²) in [7, 11) is 0. The highest BCUT2D eigenvalue weighted by atomic mass is 16.5. The Hall–Kier alpha value is -3.72. The van der Waals surface area contributed by atoms with Gasteiger partial charge in [-0.1, -0.05) is 38.1 Å². The number of aromatic nitrogens is 2. The summed E-state index contributed by atoms with van der Waals surface area (Å²) in [5.74, 6) is 1.35. The fourth-order valence-corrected chi connectivity index (χ4v) is 3.76. The summed E-state index contributed by atoms with van der Waals surface area (Å²) in [6, 6.07) is 18.3. The summed E-state index contributed by atoms with van der Waals surface area (Å²) in [6.07, 6.45) is 0. The van der Waals surface area contributed by atoms with Crippen molar-refractivity contribution in [3.63, 3.8) is 0 Å². The van der Waals surface area contributed by atoms with Gasteiger partial charge in [0.15, 0.2) is 0 Å². The second-order valence-corrected chi connectivity index (χ2v) is 7.52. The molecule has 152 valence electrons. The van der Waals surface area contributed by atoms with Gasteiger partial charge in [-0.25, -0.2) is 0 Å². The first-order valence-electron chi connectivity index (χ1n) is 10.0. The molecule has 1 aliphatic rings. The van der Waals surface area contributed by atoms with Crippen LogP contribution in [-0.4, -0.2) is 16.8 Å². The van der Waals surface area contributed by atoms with E-state index < -0.39 is 0 Å². The Balaban J connectivity index is 1.83. The number of nitrogens with one attached hydrogen (secondary N) is 1. The van der Waals surface area contributed by atoms with Gasteiger partial charge in [0.2, 0.25) is 11.8 Å². The first-order chi connectivity index (χ1) is 14.5. The smallest absolute Gasteiger partial charge is 0.244 e. The predicted molar refractivity (Wildman–Crippen MR) is 115 cm³/mol. The summed E-state index contributed by atoms with van der Waals surface area (Å²) in [5, 5.41) is 17.2. The van der Waals surface area contributed by atoms with Crippen LogP contribution >= 0.6 is 0 Å². The van der Waals surface area contributed by atoms with Crippen LogP contribution in [-0.2, 0) is 0 Å². The Morgan fingerprint density at radius 3 is 2.47 bits per heavy atom. The molecular formula is C24H24N4O2. The maximum absolute atomic E-state index is 9.84. The van der Waals surface area contributed by atoms with Crippen LogP contribution in [0.25, 0.3) is 11.3 Å². The van der Waals surface area contributed by atoms with E-state index in [0.29, 0.717) is 24.0 Å². The largest absolute Gasteiger partial charge is 0.494 e. The monoisotopic (exact) mass is 400 g/mol. The van der Waals surface area contributed by atoms with E-state index in [1.807, 2.05) is 31.2 Å². The topological polar surface area (TPSA) is 97.0 Å². The van der Waals surface area contributed by atoms with Gasteiger partial charge in [0.25, 0.3) is 0 Å². The molecule has 0 fully saturated rings. The number of nitriles is 1. The van der Waals surface area contributed by atoms with Crippen molar-refractivity contribution in [1.29, 1.82) is 5.26 Å². The van der Waals surface area contributed by atoms with Crippen molar-refractivity contribution < 1.29 is 9.47 Å². The average Bonchev–Trinajstić information content (AvgIpc) is 3.17. The van der Waals surface area contributed by atoms with Gasteiger partial charge < -0.3 is 15.2 Å². The highest BCUT2D eigenvalue weighted by Crippen LogP contribution is 2.45. The molecule has 0 unspecified atom stereocenters. The van der Waals surface area contributed by atoms with Gasteiger partial charge in [-0.15, -0.1) is 5.10 Å². The summed E-state index contributed by atoms with van der Waals surface area (Å²) in [6.45, 7) is 6.86. The van der Waals surface area contributed by atoms with E-state index in [0.717, 1.165) is 28.1 Å². The lowest BCUT2D eigenvalue weighted by Crippen LogP contribution is -2.21. The maximum atomic E-state index is 9.84. The highest BCUT2D eigenvalue weighted by Gasteiger charge is 2.35. The first-order valence-corrected chi connectivity index (χ1v) is 10.0. The fourth-order valence-electron chi connectivity index (χ4n) is 3.76. The molecule has 0 saturated heterocycles. The van der Waals surface area contributed by atoms with Crippen LogP contribution in [0.5, 0.6) is 11.6 Å². The van der Waals surface area contributed by atoms with Crippen LogP contribution in [0.2, 0.25) is 0 Å². The Morgan fingerprint density at radius 1 is 1.17 bits per heavy atom. The van der Waals surface area contributed by atoms with Crippen molar-refractivity contribution in [3.8, 4) is 29.0 Å². The number of nitrogens with two attached hydrogens (primary N) is 1. The zero-order valence-electron chi connectivity index (χ0n) is 17.3. The van der Waals surface area contributed by atoms with Crippen LogP contribution in [0.15, 0.2) is 60.0 Å². The number of benzene rings is 2. The first kappa shape index (κ1) is 19.6. The summed E-state index contributed by atoms with van der Waals surface area (Å²) < 4.78 is 11.2. The van der Waals surface area contributed by atoms with E-state index in [4.69, 9.17) is 15.2 Å². The molecule has 4 rings (SSSR count). The molecule has 1 aromatic heterocycles. The standard InChI is InChI=1S/C24H24N4O2/c1-4-29-18-11-9-17(10-12-18)22-21-20(16-7-5-15(6-8-16)14(2)3)19(13-25)23(26)30-24(21)28-27-22/h5-12,14,20H,4,26H2,1-3H3,(H,27,28)/t20-/m1/s1. The minimum atomic E-state index is -0.361. The Kier molecular flexibility index (Phi) is 5.20.